The predicted molar refractivity (Wildman–Crippen MR) is 78.8 cm³/mol. The number of hydrogen-bond donors (Lipinski definition) is 1. The van der Waals surface area contributed by atoms with Gasteiger partial charge in [0.2, 0.25) is 5.91 Å². The summed E-state index contributed by atoms with van der Waals surface area (Å²) in [7, 11) is 0. The molecule has 110 valence electrons. The van der Waals surface area contributed by atoms with Crippen LogP contribution in [-0.2, 0) is 11.3 Å². The number of rotatable bonds is 4. The van der Waals surface area contributed by atoms with Crippen LogP contribution >= 0.6 is 11.6 Å². The Labute approximate surface area is 126 Å². The summed E-state index contributed by atoms with van der Waals surface area (Å²) in [5.74, 6) is 0.262. The second-order valence-corrected chi connectivity index (χ2v) is 5.70. The van der Waals surface area contributed by atoms with Crippen LogP contribution in [-0.4, -0.2) is 15.7 Å². The molecule has 0 atom stereocenters. The van der Waals surface area contributed by atoms with Crippen LogP contribution in [0.15, 0.2) is 24.3 Å². The minimum absolute atomic E-state index is 0.00331. The number of nitrogens with one attached hydrogen (secondary N) is 1. The number of carbonyl (C=O) groups excluding carboxylic acids is 1. The van der Waals surface area contributed by atoms with Gasteiger partial charge < -0.3 is 5.32 Å². The fraction of sp³-hybridized carbons (Fsp3) is 0.333. The zero-order valence-electron chi connectivity index (χ0n) is 11.6. The lowest BCUT2D eigenvalue weighted by atomic mass is 10.2. The lowest BCUT2D eigenvalue weighted by molar-refractivity contribution is -0.117. The molecular formula is C15H15ClFN3O. The first-order valence-corrected chi connectivity index (χ1v) is 7.20. The molecule has 1 N–H and O–H groups in total. The third-order valence-corrected chi connectivity index (χ3v) is 3.90. The lowest BCUT2D eigenvalue weighted by Gasteiger charge is -2.07. The first-order chi connectivity index (χ1) is 10.0. The lowest BCUT2D eigenvalue weighted by Crippen LogP contribution is -2.14. The molecule has 0 radical (unpaired) electrons. The van der Waals surface area contributed by atoms with Gasteiger partial charge in [-0.05, 0) is 31.9 Å². The molecule has 1 aromatic heterocycles. The van der Waals surface area contributed by atoms with E-state index in [1.54, 1.807) is 22.9 Å². The summed E-state index contributed by atoms with van der Waals surface area (Å²) < 4.78 is 15.4. The summed E-state index contributed by atoms with van der Waals surface area (Å²) in [5, 5.41) is 7.45. The molecule has 0 spiro atoms. The molecule has 1 aliphatic rings. The van der Waals surface area contributed by atoms with Crippen molar-refractivity contribution in [3.63, 3.8) is 0 Å². The van der Waals surface area contributed by atoms with Gasteiger partial charge in [-0.2, -0.15) is 5.10 Å². The Bertz CT molecular complexity index is 674. The number of aromatic nitrogens is 2. The number of halogens is 2. The predicted octanol–water partition coefficient (Wildman–Crippen LogP) is 3.38. The average Bonchev–Trinajstić information content (AvgIpc) is 3.21. The fourth-order valence-corrected chi connectivity index (χ4v) is 2.36. The Kier molecular flexibility index (Phi) is 3.68. The van der Waals surface area contributed by atoms with Crippen LogP contribution in [0.25, 0.3) is 0 Å². The molecular weight excluding hydrogens is 293 g/mol. The zero-order chi connectivity index (χ0) is 15.0. The minimum Gasteiger partial charge on any atom is -0.309 e. The Balaban J connectivity index is 1.79. The van der Waals surface area contributed by atoms with Crippen LogP contribution in [0.3, 0.4) is 0 Å². The molecule has 4 nitrogen and oxygen atoms in total. The molecule has 0 bridgehead atoms. The molecule has 1 fully saturated rings. The van der Waals surface area contributed by atoms with Gasteiger partial charge in [-0.25, -0.2) is 4.39 Å². The fourth-order valence-electron chi connectivity index (χ4n) is 2.14. The molecule has 3 rings (SSSR count). The topological polar surface area (TPSA) is 46.9 Å². The largest absolute Gasteiger partial charge is 0.309 e. The highest BCUT2D eigenvalue weighted by Gasteiger charge is 2.30. The molecule has 2 aromatic rings. The summed E-state index contributed by atoms with van der Waals surface area (Å²) >= 11 is 6.02. The van der Waals surface area contributed by atoms with Crippen molar-refractivity contribution in [1.82, 2.24) is 9.78 Å². The van der Waals surface area contributed by atoms with Crippen molar-refractivity contribution >= 4 is 23.3 Å². The summed E-state index contributed by atoms with van der Waals surface area (Å²) in [5.41, 5.74) is 1.23. The normalized spacial score (nSPS) is 14.2. The highest BCUT2D eigenvalue weighted by molar-refractivity contribution is 6.31. The summed E-state index contributed by atoms with van der Waals surface area (Å²) in [4.78, 5) is 11.7. The zero-order valence-corrected chi connectivity index (χ0v) is 12.3. The minimum atomic E-state index is -0.360. The van der Waals surface area contributed by atoms with Crippen LogP contribution in [0.1, 0.15) is 24.1 Å². The molecule has 1 aliphatic carbocycles. The summed E-state index contributed by atoms with van der Waals surface area (Å²) in [6, 6.07) is 6.36. The summed E-state index contributed by atoms with van der Waals surface area (Å²) in [6.07, 6.45) is 1.88. The number of amides is 1. The maximum absolute atomic E-state index is 13.8. The molecule has 0 unspecified atom stereocenters. The highest BCUT2D eigenvalue weighted by Crippen LogP contribution is 2.30. The van der Waals surface area contributed by atoms with Crippen molar-refractivity contribution in [3.8, 4) is 0 Å². The van der Waals surface area contributed by atoms with Crippen LogP contribution in [0, 0.1) is 18.7 Å². The average molecular weight is 308 g/mol. The standard InChI is InChI=1S/C15H15ClFN3O/c1-9-7-14(18-15(21)10-5-6-10)19-20(9)8-11-12(16)3-2-4-13(11)17/h2-4,7,10H,5-6,8H2,1H3,(H,18,19,21). The molecule has 1 saturated carbocycles. The van der Waals surface area contributed by atoms with Gasteiger partial charge >= 0.3 is 0 Å². The first-order valence-electron chi connectivity index (χ1n) is 6.83. The summed E-state index contributed by atoms with van der Waals surface area (Å²) in [6.45, 7) is 2.09. The van der Waals surface area contributed by atoms with Gasteiger partial charge in [-0.3, -0.25) is 9.48 Å². The van der Waals surface area contributed by atoms with E-state index < -0.39 is 0 Å². The SMILES string of the molecule is Cc1cc(NC(=O)C2CC2)nn1Cc1c(F)cccc1Cl. The van der Waals surface area contributed by atoms with Gasteiger partial charge in [-0.15, -0.1) is 0 Å². The smallest absolute Gasteiger partial charge is 0.228 e. The van der Waals surface area contributed by atoms with E-state index in [2.05, 4.69) is 10.4 Å². The molecule has 1 aromatic carbocycles. The Hall–Kier alpha value is -1.88. The van der Waals surface area contributed by atoms with Crippen LogP contribution < -0.4 is 5.32 Å². The van der Waals surface area contributed by atoms with E-state index in [1.165, 1.54) is 6.07 Å². The van der Waals surface area contributed by atoms with Crippen molar-refractivity contribution in [2.45, 2.75) is 26.3 Å². The molecule has 21 heavy (non-hydrogen) atoms. The van der Waals surface area contributed by atoms with Gasteiger partial charge in [-0.1, -0.05) is 17.7 Å². The van der Waals surface area contributed by atoms with Gasteiger partial charge in [0.1, 0.15) is 5.82 Å². The van der Waals surface area contributed by atoms with Crippen molar-refractivity contribution < 1.29 is 9.18 Å². The van der Waals surface area contributed by atoms with E-state index in [-0.39, 0.29) is 24.2 Å². The van der Waals surface area contributed by atoms with E-state index in [1.807, 2.05) is 6.92 Å². The second kappa shape index (κ2) is 5.48. The molecule has 1 heterocycles. The van der Waals surface area contributed by atoms with E-state index in [0.29, 0.717) is 16.4 Å². The molecule has 6 heteroatoms. The number of anilines is 1. The maximum Gasteiger partial charge on any atom is 0.228 e. The Morgan fingerprint density at radius 3 is 2.95 bits per heavy atom. The van der Waals surface area contributed by atoms with Crippen LogP contribution in [0.2, 0.25) is 5.02 Å². The van der Waals surface area contributed by atoms with Gasteiger partial charge in [0, 0.05) is 28.3 Å². The quantitative estimate of drug-likeness (QED) is 0.941. The highest BCUT2D eigenvalue weighted by atomic mass is 35.5. The van der Waals surface area contributed by atoms with Gasteiger partial charge in [0.15, 0.2) is 5.82 Å². The number of carbonyl (C=O) groups is 1. The van der Waals surface area contributed by atoms with Crippen molar-refractivity contribution in [2.24, 2.45) is 5.92 Å². The van der Waals surface area contributed by atoms with Crippen molar-refractivity contribution in [1.29, 1.82) is 0 Å². The number of hydrogen-bond acceptors (Lipinski definition) is 2. The molecule has 1 amide bonds. The van der Waals surface area contributed by atoms with E-state index in [0.717, 1.165) is 18.5 Å². The van der Waals surface area contributed by atoms with Crippen molar-refractivity contribution in [2.75, 3.05) is 5.32 Å². The van der Waals surface area contributed by atoms with Gasteiger partial charge in [0.25, 0.3) is 0 Å². The second-order valence-electron chi connectivity index (χ2n) is 5.29. The van der Waals surface area contributed by atoms with E-state index in [4.69, 9.17) is 11.6 Å². The van der Waals surface area contributed by atoms with E-state index in [9.17, 15) is 9.18 Å². The number of aryl methyl sites for hydroxylation is 1. The van der Waals surface area contributed by atoms with Crippen LogP contribution in [0.4, 0.5) is 10.2 Å². The van der Waals surface area contributed by atoms with Gasteiger partial charge in [0.05, 0.1) is 6.54 Å². The Morgan fingerprint density at radius 1 is 1.52 bits per heavy atom. The third kappa shape index (κ3) is 3.08. The van der Waals surface area contributed by atoms with E-state index >= 15 is 0 Å². The molecule has 0 aliphatic heterocycles. The Morgan fingerprint density at radius 2 is 2.29 bits per heavy atom. The third-order valence-electron chi connectivity index (χ3n) is 3.55. The monoisotopic (exact) mass is 307 g/mol. The molecule has 0 saturated heterocycles. The number of nitrogens with zero attached hydrogens (tertiary/aromatic N) is 2. The van der Waals surface area contributed by atoms with Crippen molar-refractivity contribution in [3.05, 3.63) is 46.4 Å². The first kappa shape index (κ1) is 14.1. The number of benzene rings is 1. The van der Waals surface area contributed by atoms with Crippen LogP contribution in [0.5, 0.6) is 0 Å². The maximum atomic E-state index is 13.8.